The monoisotopic (exact) mass is 418 g/mol. The summed E-state index contributed by atoms with van der Waals surface area (Å²) in [5, 5.41) is 29.7. The number of oxime groups is 1. The zero-order chi connectivity index (χ0) is 21.1. The Kier molecular flexibility index (Phi) is 5.27. The highest BCUT2D eigenvalue weighted by Crippen LogP contribution is 2.66. The Balaban J connectivity index is 1.41. The van der Waals surface area contributed by atoms with E-state index in [4.69, 9.17) is 4.84 Å². The van der Waals surface area contributed by atoms with Gasteiger partial charge in [0.05, 0.1) is 11.8 Å². The largest absolute Gasteiger partial charge is 0.396 e. The van der Waals surface area contributed by atoms with Gasteiger partial charge < -0.3 is 20.4 Å². The van der Waals surface area contributed by atoms with Crippen LogP contribution in [-0.4, -0.2) is 53.6 Å². The molecular weight excluding hydrogens is 380 g/mol. The molecule has 6 heteroatoms. The SMILES string of the molecule is C[C@]12CC/C(=N/O[C@H]3CCNC3)CC1[C@@H](CO)[C@@H](O)[C@@H]1[C@@H]2CC[C@]2(C)C(=O)CC[C@@H]12. The number of carbonyl (C=O) groups is 1. The molecule has 4 saturated carbocycles. The van der Waals surface area contributed by atoms with Gasteiger partial charge in [-0.1, -0.05) is 19.0 Å². The molecule has 0 aromatic carbocycles. The molecule has 0 radical (unpaired) electrons. The first-order valence-electron chi connectivity index (χ1n) is 12.1. The Morgan fingerprint density at radius 1 is 1.13 bits per heavy atom. The summed E-state index contributed by atoms with van der Waals surface area (Å²) in [5.74, 6) is 1.28. The molecule has 5 aliphatic rings. The summed E-state index contributed by atoms with van der Waals surface area (Å²) in [7, 11) is 0. The molecule has 0 spiro atoms. The van der Waals surface area contributed by atoms with E-state index in [1.807, 2.05) is 0 Å². The van der Waals surface area contributed by atoms with Crippen LogP contribution in [0.15, 0.2) is 5.16 Å². The highest BCUT2D eigenvalue weighted by atomic mass is 16.6. The van der Waals surface area contributed by atoms with Crippen LogP contribution in [0.5, 0.6) is 0 Å². The fraction of sp³-hybridized carbons (Fsp3) is 0.917. The third-order valence-electron chi connectivity index (χ3n) is 10.1. The molecule has 168 valence electrons. The smallest absolute Gasteiger partial charge is 0.141 e. The number of fused-ring (bicyclic) bond motifs is 5. The molecule has 1 unspecified atom stereocenters. The van der Waals surface area contributed by atoms with Crippen LogP contribution in [0.4, 0.5) is 0 Å². The van der Waals surface area contributed by atoms with Gasteiger partial charge in [-0.05, 0) is 74.2 Å². The summed E-state index contributed by atoms with van der Waals surface area (Å²) in [6.45, 7) is 6.38. The molecule has 0 amide bonds. The molecule has 9 atom stereocenters. The number of nitrogens with one attached hydrogen (secondary N) is 1. The van der Waals surface area contributed by atoms with Gasteiger partial charge in [-0.2, -0.15) is 0 Å². The van der Waals surface area contributed by atoms with Crippen molar-refractivity contribution in [2.75, 3.05) is 19.7 Å². The van der Waals surface area contributed by atoms with Crippen molar-refractivity contribution in [2.24, 2.45) is 45.6 Å². The number of carbonyl (C=O) groups excluding carboxylic acids is 1. The minimum Gasteiger partial charge on any atom is -0.396 e. The van der Waals surface area contributed by atoms with Crippen LogP contribution in [0, 0.1) is 40.4 Å². The average Bonchev–Trinajstić information content (AvgIpc) is 3.36. The normalized spacial score (nSPS) is 52.1. The number of hydrogen-bond acceptors (Lipinski definition) is 6. The lowest BCUT2D eigenvalue weighted by Crippen LogP contribution is -2.62. The quantitative estimate of drug-likeness (QED) is 0.613. The lowest BCUT2D eigenvalue weighted by atomic mass is 9.42. The second-order valence-corrected chi connectivity index (χ2v) is 11.2. The molecular formula is C24H38N2O4. The molecule has 5 rings (SSSR count). The number of hydrogen-bond donors (Lipinski definition) is 3. The van der Waals surface area contributed by atoms with Crippen LogP contribution in [0.2, 0.25) is 0 Å². The Hall–Kier alpha value is -0.980. The second kappa shape index (κ2) is 7.56. The average molecular weight is 419 g/mol. The van der Waals surface area contributed by atoms with Crippen LogP contribution in [0.3, 0.4) is 0 Å². The van der Waals surface area contributed by atoms with E-state index in [0.29, 0.717) is 18.1 Å². The summed E-state index contributed by atoms with van der Waals surface area (Å²) in [6, 6.07) is 0. The van der Waals surface area contributed by atoms with E-state index in [0.717, 1.165) is 63.7 Å². The second-order valence-electron chi connectivity index (χ2n) is 11.2. The van der Waals surface area contributed by atoms with Gasteiger partial charge in [0.25, 0.3) is 0 Å². The Labute approximate surface area is 179 Å². The van der Waals surface area contributed by atoms with E-state index < -0.39 is 6.10 Å². The van der Waals surface area contributed by atoms with Crippen molar-refractivity contribution in [2.45, 2.75) is 77.4 Å². The van der Waals surface area contributed by atoms with Crippen molar-refractivity contribution in [3.8, 4) is 0 Å². The number of rotatable bonds is 3. The maximum Gasteiger partial charge on any atom is 0.141 e. The minimum absolute atomic E-state index is 0.00268. The Morgan fingerprint density at radius 3 is 2.70 bits per heavy atom. The summed E-state index contributed by atoms with van der Waals surface area (Å²) < 4.78 is 0. The van der Waals surface area contributed by atoms with E-state index in [-0.39, 0.29) is 47.2 Å². The van der Waals surface area contributed by atoms with Crippen LogP contribution in [-0.2, 0) is 9.63 Å². The predicted octanol–water partition coefficient (Wildman–Crippen LogP) is 2.52. The Bertz CT molecular complexity index is 720. The predicted molar refractivity (Wildman–Crippen MR) is 114 cm³/mol. The molecule has 1 aliphatic heterocycles. The van der Waals surface area contributed by atoms with Crippen LogP contribution < -0.4 is 5.32 Å². The fourth-order valence-corrected chi connectivity index (χ4v) is 8.21. The van der Waals surface area contributed by atoms with Crippen LogP contribution in [0.25, 0.3) is 0 Å². The number of aliphatic hydroxyl groups excluding tert-OH is 2. The van der Waals surface area contributed by atoms with Crippen molar-refractivity contribution in [3.05, 3.63) is 0 Å². The molecule has 0 bridgehead atoms. The van der Waals surface area contributed by atoms with E-state index in [1.54, 1.807) is 0 Å². The Morgan fingerprint density at radius 2 is 1.97 bits per heavy atom. The van der Waals surface area contributed by atoms with Crippen molar-refractivity contribution in [3.63, 3.8) is 0 Å². The standard InChI is InChI=1S/C24H38N2O4/c1-23-8-5-14(26-30-15-7-10-25-12-15)11-19(23)16(13-27)22(29)21-17-3-4-20(28)24(17,2)9-6-18(21)23/h15-19,21-22,25,27,29H,3-13H2,1-2H3/b26-14-/t15-,16+,17-,18-,19?,21-,22+,23+,24-/m0/s1. The molecule has 1 heterocycles. The molecule has 1 saturated heterocycles. The topological polar surface area (TPSA) is 91.2 Å². The zero-order valence-electron chi connectivity index (χ0n) is 18.5. The van der Waals surface area contributed by atoms with Gasteiger partial charge in [0.15, 0.2) is 0 Å². The van der Waals surface area contributed by atoms with Gasteiger partial charge in [0.1, 0.15) is 11.9 Å². The fourth-order valence-electron chi connectivity index (χ4n) is 8.21. The molecule has 6 nitrogen and oxygen atoms in total. The summed E-state index contributed by atoms with van der Waals surface area (Å²) in [5.41, 5.74) is 0.902. The van der Waals surface area contributed by atoms with Crippen molar-refractivity contribution < 1.29 is 19.8 Å². The van der Waals surface area contributed by atoms with E-state index in [2.05, 4.69) is 24.3 Å². The molecule has 0 aromatic rings. The van der Waals surface area contributed by atoms with Gasteiger partial charge in [0, 0.05) is 37.3 Å². The number of Topliss-reactive ketones (excluding diaryl/α,β-unsaturated/α-hetero) is 1. The summed E-state index contributed by atoms with van der Waals surface area (Å²) in [4.78, 5) is 18.5. The van der Waals surface area contributed by atoms with Gasteiger partial charge in [-0.25, -0.2) is 0 Å². The van der Waals surface area contributed by atoms with E-state index in [9.17, 15) is 15.0 Å². The number of ketones is 1. The molecule has 4 aliphatic carbocycles. The summed E-state index contributed by atoms with van der Waals surface area (Å²) in [6.07, 6.45) is 6.94. The maximum atomic E-state index is 12.7. The highest BCUT2D eigenvalue weighted by Gasteiger charge is 2.64. The first-order chi connectivity index (χ1) is 14.4. The first-order valence-corrected chi connectivity index (χ1v) is 12.1. The number of aliphatic hydroxyl groups is 2. The number of nitrogens with zero attached hydrogens (tertiary/aromatic N) is 1. The third-order valence-corrected chi connectivity index (χ3v) is 10.1. The first kappa shape index (κ1) is 20.9. The van der Waals surface area contributed by atoms with E-state index >= 15 is 0 Å². The third kappa shape index (κ3) is 3.01. The van der Waals surface area contributed by atoms with Gasteiger partial charge in [0.2, 0.25) is 0 Å². The molecule has 5 fully saturated rings. The maximum absolute atomic E-state index is 12.7. The summed E-state index contributed by atoms with van der Waals surface area (Å²) >= 11 is 0. The van der Waals surface area contributed by atoms with Crippen LogP contribution >= 0.6 is 0 Å². The van der Waals surface area contributed by atoms with Crippen molar-refractivity contribution >= 4 is 11.5 Å². The highest BCUT2D eigenvalue weighted by molar-refractivity contribution is 5.87. The van der Waals surface area contributed by atoms with Crippen molar-refractivity contribution in [1.82, 2.24) is 5.32 Å². The molecule has 3 N–H and O–H groups in total. The van der Waals surface area contributed by atoms with E-state index in [1.165, 1.54) is 0 Å². The molecule has 0 aromatic heterocycles. The zero-order valence-corrected chi connectivity index (χ0v) is 18.5. The van der Waals surface area contributed by atoms with Gasteiger partial charge in [-0.15, -0.1) is 0 Å². The van der Waals surface area contributed by atoms with Gasteiger partial charge in [-0.3, -0.25) is 4.79 Å². The minimum atomic E-state index is -0.534. The lowest BCUT2D eigenvalue weighted by Gasteiger charge is -2.63. The van der Waals surface area contributed by atoms with Crippen molar-refractivity contribution in [1.29, 1.82) is 0 Å². The van der Waals surface area contributed by atoms with Crippen LogP contribution in [0.1, 0.15) is 65.2 Å². The molecule has 30 heavy (non-hydrogen) atoms. The van der Waals surface area contributed by atoms with Gasteiger partial charge >= 0.3 is 0 Å². The lowest BCUT2D eigenvalue weighted by molar-refractivity contribution is -0.188.